The summed E-state index contributed by atoms with van der Waals surface area (Å²) >= 11 is 0. The topological polar surface area (TPSA) is 86.4 Å². The molecule has 2 aliphatic rings. The summed E-state index contributed by atoms with van der Waals surface area (Å²) < 4.78 is 0. The number of benzene rings is 4. The summed E-state index contributed by atoms with van der Waals surface area (Å²) in [5.74, 6) is 0.0649. The lowest BCUT2D eigenvalue weighted by Gasteiger charge is -2.21. The fourth-order valence-electron chi connectivity index (χ4n) is 7.13. The highest BCUT2D eigenvalue weighted by Crippen LogP contribution is 2.33. The molecule has 1 aliphatic carbocycles. The van der Waals surface area contributed by atoms with Crippen LogP contribution in [-0.4, -0.2) is 47.9 Å². The molecule has 3 N–H and O–H groups in total. The van der Waals surface area contributed by atoms with E-state index in [0.717, 1.165) is 85.8 Å². The number of carbonyl (C=O) groups excluding carboxylic acids is 2. The summed E-state index contributed by atoms with van der Waals surface area (Å²) in [5.41, 5.74) is 7.57. The van der Waals surface area contributed by atoms with Gasteiger partial charge in [0.15, 0.2) is 0 Å². The van der Waals surface area contributed by atoms with E-state index in [4.69, 9.17) is 4.98 Å². The van der Waals surface area contributed by atoms with E-state index in [1.54, 1.807) is 0 Å². The summed E-state index contributed by atoms with van der Waals surface area (Å²) in [6.45, 7) is 4.02. The first kappa shape index (κ1) is 30.9. The molecule has 0 spiro atoms. The molecule has 5 aromatic rings. The highest BCUT2D eigenvalue weighted by Gasteiger charge is 2.28. The molecular weight excluding hydrogens is 582 g/mol. The van der Waals surface area contributed by atoms with Gasteiger partial charge in [0.25, 0.3) is 5.91 Å². The van der Waals surface area contributed by atoms with Crippen molar-refractivity contribution in [2.75, 3.05) is 36.8 Å². The molecule has 7 nitrogen and oxygen atoms in total. The Morgan fingerprint density at radius 2 is 1.57 bits per heavy atom. The third-order valence-electron chi connectivity index (χ3n) is 9.68. The number of aromatic nitrogens is 1. The Kier molecular flexibility index (Phi) is 9.43. The number of unbranched alkanes of at least 4 members (excludes halogenated alkanes) is 1. The average Bonchev–Trinajstić information content (AvgIpc) is 3.58. The van der Waals surface area contributed by atoms with Gasteiger partial charge in [-0.1, -0.05) is 66.7 Å². The van der Waals surface area contributed by atoms with E-state index in [-0.39, 0.29) is 17.7 Å². The van der Waals surface area contributed by atoms with Gasteiger partial charge in [0.1, 0.15) is 0 Å². The number of hydrogen-bond acceptors (Lipinski definition) is 5. The summed E-state index contributed by atoms with van der Waals surface area (Å²) in [5, 5.41) is 13.3. The number of hydrogen-bond donors (Lipinski definition) is 3. The largest absolute Gasteiger partial charge is 0.384 e. The van der Waals surface area contributed by atoms with Crippen LogP contribution in [0.3, 0.4) is 0 Å². The number of fused-ring (bicyclic) bond motifs is 3. The smallest absolute Gasteiger partial charge is 0.255 e. The van der Waals surface area contributed by atoms with E-state index >= 15 is 0 Å². The average molecular weight is 626 g/mol. The molecule has 1 unspecified atom stereocenters. The van der Waals surface area contributed by atoms with Crippen LogP contribution in [0, 0.1) is 5.92 Å². The Balaban J connectivity index is 0.838. The van der Waals surface area contributed by atoms with Crippen LogP contribution in [-0.2, 0) is 24.2 Å². The molecule has 0 bridgehead atoms. The van der Waals surface area contributed by atoms with Crippen LogP contribution >= 0.6 is 0 Å². The van der Waals surface area contributed by atoms with Crippen LogP contribution in [0.15, 0.2) is 91.0 Å². The van der Waals surface area contributed by atoms with Crippen LogP contribution in [0.5, 0.6) is 0 Å². The van der Waals surface area contributed by atoms with Gasteiger partial charge >= 0.3 is 0 Å². The van der Waals surface area contributed by atoms with E-state index in [0.29, 0.717) is 12.1 Å². The van der Waals surface area contributed by atoms with Crippen LogP contribution < -0.4 is 16.0 Å². The standard InChI is InChI=1S/C40H43N5O2/c46-39(42-24-8-7-23-41-38-33-13-3-5-15-36(33)43-37-16-6-4-14-34(37)38)31-22-25-45(27-31)26-28-18-20-30(21-19-28)40(47)44-35-17-9-11-29-10-1-2-12-32(29)35/h1-3,5,9-13,15,17-21,31H,4,6-8,14,16,22-27H2,(H,41,43)(H,42,46)(H,44,47). The van der Waals surface area contributed by atoms with Gasteiger partial charge in [-0.15, -0.1) is 0 Å². The molecule has 0 radical (unpaired) electrons. The molecule has 2 heterocycles. The molecule has 240 valence electrons. The maximum absolute atomic E-state index is 13.0. The monoisotopic (exact) mass is 625 g/mol. The molecule has 7 heteroatoms. The second kappa shape index (κ2) is 14.3. The number of para-hydroxylation sites is 1. The minimum atomic E-state index is -0.119. The van der Waals surface area contributed by atoms with Gasteiger partial charge in [0.05, 0.1) is 11.4 Å². The van der Waals surface area contributed by atoms with Crippen LogP contribution in [0.4, 0.5) is 11.4 Å². The Hall–Kier alpha value is -4.75. The highest BCUT2D eigenvalue weighted by molar-refractivity contribution is 6.09. The molecular formula is C40H43N5O2. The van der Waals surface area contributed by atoms with Crippen molar-refractivity contribution < 1.29 is 9.59 Å². The zero-order chi connectivity index (χ0) is 32.0. The van der Waals surface area contributed by atoms with Crippen LogP contribution in [0.1, 0.15) is 59.3 Å². The van der Waals surface area contributed by atoms with Crippen molar-refractivity contribution in [1.29, 1.82) is 0 Å². The first-order valence-electron chi connectivity index (χ1n) is 17.1. The number of nitrogens with zero attached hydrogens (tertiary/aromatic N) is 2. The summed E-state index contributed by atoms with van der Waals surface area (Å²) in [6.07, 6.45) is 7.43. The molecule has 1 aliphatic heterocycles. The van der Waals surface area contributed by atoms with E-state index in [1.165, 1.54) is 35.2 Å². The Morgan fingerprint density at radius 1 is 0.809 bits per heavy atom. The first-order valence-corrected chi connectivity index (χ1v) is 17.1. The summed E-state index contributed by atoms with van der Waals surface area (Å²) in [6, 6.07) is 30.2. The van der Waals surface area contributed by atoms with Gasteiger partial charge in [0, 0.05) is 59.6 Å². The molecule has 1 saturated heterocycles. The lowest BCUT2D eigenvalue weighted by Crippen LogP contribution is -2.33. The molecule has 47 heavy (non-hydrogen) atoms. The summed E-state index contributed by atoms with van der Waals surface area (Å²) in [7, 11) is 0. The second-order valence-electron chi connectivity index (χ2n) is 13.0. The molecule has 1 fully saturated rings. The van der Waals surface area contributed by atoms with Gasteiger partial charge in [-0.3, -0.25) is 19.5 Å². The van der Waals surface area contributed by atoms with Crippen molar-refractivity contribution in [3.63, 3.8) is 0 Å². The van der Waals surface area contributed by atoms with Crippen molar-refractivity contribution >= 4 is 44.9 Å². The second-order valence-corrected chi connectivity index (χ2v) is 13.0. The fourth-order valence-corrected chi connectivity index (χ4v) is 7.13. The third kappa shape index (κ3) is 7.15. The van der Waals surface area contributed by atoms with Gasteiger partial charge in [0.2, 0.25) is 5.91 Å². The third-order valence-corrected chi connectivity index (χ3v) is 9.68. The number of rotatable bonds is 11. The van der Waals surface area contributed by atoms with E-state index < -0.39 is 0 Å². The molecule has 1 aromatic heterocycles. The van der Waals surface area contributed by atoms with Crippen molar-refractivity contribution in [1.82, 2.24) is 15.2 Å². The maximum atomic E-state index is 13.0. The number of aryl methyl sites for hydroxylation is 1. The maximum Gasteiger partial charge on any atom is 0.255 e. The van der Waals surface area contributed by atoms with Gasteiger partial charge in [-0.2, -0.15) is 0 Å². The SMILES string of the molecule is O=C(Nc1cccc2ccccc12)c1ccc(CN2CCC(C(=O)NCCCCNc3c4c(nc5ccccc35)CCCC4)C2)cc1. The predicted molar refractivity (Wildman–Crippen MR) is 191 cm³/mol. The zero-order valence-electron chi connectivity index (χ0n) is 26.9. The van der Waals surface area contributed by atoms with Gasteiger partial charge in [-0.25, -0.2) is 0 Å². The molecule has 1 atom stereocenters. The number of likely N-dealkylation sites (tertiary alicyclic amines) is 1. The van der Waals surface area contributed by atoms with Crippen LogP contribution in [0.2, 0.25) is 0 Å². The lowest BCUT2D eigenvalue weighted by atomic mass is 9.92. The molecule has 0 saturated carbocycles. The molecule has 4 aromatic carbocycles. The predicted octanol–water partition coefficient (Wildman–Crippen LogP) is 7.35. The van der Waals surface area contributed by atoms with E-state index in [2.05, 4.69) is 45.1 Å². The number of nitrogens with one attached hydrogen (secondary N) is 3. The highest BCUT2D eigenvalue weighted by atomic mass is 16.2. The minimum absolute atomic E-state index is 0.0218. The lowest BCUT2D eigenvalue weighted by molar-refractivity contribution is -0.124. The Labute approximate surface area is 276 Å². The number of amides is 2. The Bertz CT molecular complexity index is 1880. The number of carbonyl (C=O) groups is 2. The number of anilines is 2. The van der Waals surface area contributed by atoms with Crippen molar-refractivity contribution in [2.24, 2.45) is 5.92 Å². The normalized spacial score (nSPS) is 16.2. The minimum Gasteiger partial charge on any atom is -0.384 e. The van der Waals surface area contributed by atoms with E-state index in [1.807, 2.05) is 66.7 Å². The van der Waals surface area contributed by atoms with E-state index in [9.17, 15) is 9.59 Å². The van der Waals surface area contributed by atoms with Gasteiger partial charge < -0.3 is 16.0 Å². The first-order chi connectivity index (χ1) is 23.1. The van der Waals surface area contributed by atoms with Gasteiger partial charge in [-0.05, 0) is 92.3 Å². The summed E-state index contributed by atoms with van der Waals surface area (Å²) in [4.78, 5) is 33.2. The number of pyridine rings is 1. The quantitative estimate of drug-likeness (QED) is 0.134. The fraction of sp³-hybridized carbons (Fsp3) is 0.325. The Morgan fingerprint density at radius 3 is 2.47 bits per heavy atom. The van der Waals surface area contributed by atoms with Crippen molar-refractivity contribution in [3.8, 4) is 0 Å². The van der Waals surface area contributed by atoms with Crippen molar-refractivity contribution in [3.05, 3.63) is 113 Å². The van der Waals surface area contributed by atoms with Crippen molar-refractivity contribution in [2.45, 2.75) is 51.5 Å². The zero-order valence-corrected chi connectivity index (χ0v) is 26.9. The van der Waals surface area contributed by atoms with Crippen LogP contribution in [0.25, 0.3) is 21.7 Å². The molecule has 2 amide bonds. The molecule has 7 rings (SSSR count).